The number of alkyl halides is 3. The number of benzene rings is 1. The SMILES string of the molecule is CC1(C)OB(O)c2sc(NC(=O)[C@@H](Cc3ccc(C(F)(F)F)cc3)NC(=O)C(N)CCC(=O)N(CCN)CCN)nc21. The highest BCUT2D eigenvalue weighted by Crippen LogP contribution is 2.33. The fourth-order valence-corrected chi connectivity index (χ4v) is 5.39. The first-order chi connectivity index (χ1) is 19.7. The minimum absolute atomic E-state index is 0.0307. The van der Waals surface area contributed by atoms with Crippen LogP contribution in [0.2, 0.25) is 0 Å². The van der Waals surface area contributed by atoms with Gasteiger partial charge in [-0.3, -0.25) is 14.4 Å². The number of fused-ring (bicyclic) bond motifs is 1. The fourth-order valence-electron chi connectivity index (χ4n) is 4.36. The van der Waals surface area contributed by atoms with E-state index in [0.29, 0.717) is 29.1 Å². The normalized spacial score (nSPS) is 15.6. The number of anilines is 1. The second kappa shape index (κ2) is 13.9. The van der Waals surface area contributed by atoms with Crippen LogP contribution in [0, 0.1) is 0 Å². The molecule has 1 aliphatic rings. The monoisotopic (exact) mass is 613 g/mol. The highest BCUT2D eigenvalue weighted by molar-refractivity contribution is 7.25. The molecule has 0 spiro atoms. The van der Waals surface area contributed by atoms with Crippen molar-refractivity contribution in [3.05, 3.63) is 41.1 Å². The van der Waals surface area contributed by atoms with Gasteiger partial charge in [-0.2, -0.15) is 13.2 Å². The van der Waals surface area contributed by atoms with Crippen LogP contribution in [0.4, 0.5) is 18.3 Å². The Morgan fingerprint density at radius 3 is 2.31 bits per heavy atom. The lowest BCUT2D eigenvalue weighted by molar-refractivity contribution is -0.137. The molecule has 1 unspecified atom stereocenters. The molecule has 0 fully saturated rings. The van der Waals surface area contributed by atoms with Crippen LogP contribution in [-0.2, 0) is 37.2 Å². The topological polar surface area (TPSA) is 199 Å². The minimum Gasteiger partial charge on any atom is -0.422 e. The van der Waals surface area contributed by atoms with Gasteiger partial charge in [-0.25, -0.2) is 4.98 Å². The van der Waals surface area contributed by atoms with Gasteiger partial charge in [-0.15, -0.1) is 11.3 Å². The van der Waals surface area contributed by atoms with Crippen molar-refractivity contribution in [2.45, 2.75) is 57.0 Å². The zero-order valence-electron chi connectivity index (χ0n) is 23.2. The van der Waals surface area contributed by atoms with E-state index in [0.717, 1.165) is 23.5 Å². The molecule has 2 aromatic rings. The highest BCUT2D eigenvalue weighted by Gasteiger charge is 2.44. The quantitative estimate of drug-likeness (QED) is 0.163. The third-order valence-corrected chi connectivity index (χ3v) is 7.60. The number of nitrogens with zero attached hydrogens (tertiary/aromatic N) is 2. The molecule has 3 amide bonds. The van der Waals surface area contributed by atoms with Crippen molar-refractivity contribution in [1.29, 1.82) is 0 Å². The first-order valence-corrected chi connectivity index (χ1v) is 14.1. The van der Waals surface area contributed by atoms with E-state index in [1.807, 2.05) is 0 Å². The zero-order chi connectivity index (χ0) is 31.2. The van der Waals surface area contributed by atoms with E-state index >= 15 is 0 Å². The second-order valence-corrected chi connectivity index (χ2v) is 11.3. The first kappa shape index (κ1) is 33.4. The van der Waals surface area contributed by atoms with E-state index in [-0.39, 0.29) is 43.4 Å². The van der Waals surface area contributed by atoms with Crippen molar-refractivity contribution in [1.82, 2.24) is 15.2 Å². The molecule has 1 aliphatic heterocycles. The van der Waals surface area contributed by atoms with Crippen molar-refractivity contribution in [2.75, 3.05) is 31.5 Å². The summed E-state index contributed by atoms with van der Waals surface area (Å²) in [6.45, 7) is 4.49. The zero-order valence-corrected chi connectivity index (χ0v) is 24.1. The van der Waals surface area contributed by atoms with Gasteiger partial charge in [0.2, 0.25) is 17.7 Å². The van der Waals surface area contributed by atoms with Crippen LogP contribution in [0.1, 0.15) is 43.5 Å². The molecule has 1 aromatic carbocycles. The molecule has 9 N–H and O–H groups in total. The number of nitrogens with two attached hydrogens (primary N) is 3. The molecule has 17 heteroatoms. The smallest absolute Gasteiger partial charge is 0.422 e. The molecule has 1 aromatic heterocycles. The Bertz CT molecular complexity index is 1260. The Balaban J connectivity index is 1.74. The Morgan fingerprint density at radius 2 is 1.76 bits per heavy atom. The van der Waals surface area contributed by atoms with E-state index in [9.17, 15) is 32.6 Å². The van der Waals surface area contributed by atoms with E-state index in [1.54, 1.807) is 13.8 Å². The predicted octanol–water partition coefficient (Wildman–Crippen LogP) is -0.366. The Labute approximate surface area is 245 Å². The van der Waals surface area contributed by atoms with E-state index in [4.69, 9.17) is 21.9 Å². The van der Waals surface area contributed by atoms with Crippen LogP contribution in [0.3, 0.4) is 0 Å². The highest BCUT2D eigenvalue weighted by atomic mass is 32.1. The molecular weight excluding hydrogens is 578 g/mol. The van der Waals surface area contributed by atoms with E-state index in [1.165, 1.54) is 17.0 Å². The van der Waals surface area contributed by atoms with Crippen molar-refractivity contribution >= 4 is 46.1 Å². The van der Waals surface area contributed by atoms with Gasteiger partial charge >= 0.3 is 13.3 Å². The Hall–Kier alpha value is -3.09. The number of rotatable bonds is 13. The lowest BCUT2D eigenvalue weighted by Gasteiger charge is -2.23. The summed E-state index contributed by atoms with van der Waals surface area (Å²) in [7, 11) is -1.22. The van der Waals surface area contributed by atoms with E-state index in [2.05, 4.69) is 15.6 Å². The van der Waals surface area contributed by atoms with Crippen molar-refractivity contribution < 1.29 is 37.2 Å². The van der Waals surface area contributed by atoms with Crippen LogP contribution in [0.15, 0.2) is 24.3 Å². The average Bonchev–Trinajstić information content (AvgIpc) is 3.43. The Kier molecular flexibility index (Phi) is 11.1. The fraction of sp³-hybridized carbons (Fsp3) is 0.520. The number of carbonyl (C=O) groups excluding carboxylic acids is 3. The lowest BCUT2D eigenvalue weighted by atomic mass is 9.90. The lowest BCUT2D eigenvalue weighted by Crippen LogP contribution is -2.51. The number of amides is 3. The molecule has 0 radical (unpaired) electrons. The van der Waals surface area contributed by atoms with Gasteiger partial charge in [0.25, 0.3) is 0 Å². The third-order valence-electron chi connectivity index (χ3n) is 6.60. The van der Waals surface area contributed by atoms with Gasteiger partial charge in [-0.05, 0) is 38.0 Å². The maximum Gasteiger partial charge on any atom is 0.504 e. The van der Waals surface area contributed by atoms with Crippen molar-refractivity contribution in [3.63, 3.8) is 0 Å². The standard InChI is InChI=1S/C25H35BF3N7O5S/c1-24(2)19-20(26(40)41-24)42-23(34-19)35-22(39)17(13-14-3-5-15(6-4-14)25(27,28)29)33-21(38)16(32)7-8-18(37)36(11-9-30)12-10-31/h3-6,16-17,40H,7-13,30-32H2,1-2H3,(H,33,38)(H,34,35,39)/t16?,17-/m1/s1. The maximum atomic E-state index is 13.3. The molecule has 3 rings (SSSR count). The number of hydrogen-bond acceptors (Lipinski definition) is 10. The van der Waals surface area contributed by atoms with Crippen LogP contribution >= 0.6 is 11.3 Å². The van der Waals surface area contributed by atoms with Crippen molar-refractivity contribution in [2.24, 2.45) is 17.2 Å². The molecule has 0 bridgehead atoms. The summed E-state index contributed by atoms with van der Waals surface area (Å²) in [6, 6.07) is 1.78. The molecule has 12 nitrogen and oxygen atoms in total. The molecule has 42 heavy (non-hydrogen) atoms. The van der Waals surface area contributed by atoms with E-state index < -0.39 is 48.4 Å². The molecule has 0 saturated heterocycles. The molecule has 2 atom stereocenters. The number of carbonyl (C=O) groups is 3. The van der Waals surface area contributed by atoms with Crippen LogP contribution in [0.5, 0.6) is 0 Å². The molecule has 2 heterocycles. The predicted molar refractivity (Wildman–Crippen MR) is 151 cm³/mol. The van der Waals surface area contributed by atoms with Crippen LogP contribution < -0.4 is 32.6 Å². The number of thiazole rings is 1. The van der Waals surface area contributed by atoms with Crippen molar-refractivity contribution in [3.8, 4) is 0 Å². The summed E-state index contributed by atoms with van der Waals surface area (Å²) in [6.07, 6.45) is -4.79. The number of halogens is 3. The van der Waals surface area contributed by atoms with Gasteiger partial charge in [0, 0.05) is 39.0 Å². The minimum atomic E-state index is -4.54. The molecule has 230 valence electrons. The number of aromatic nitrogens is 1. The third kappa shape index (κ3) is 8.48. The number of hydrogen-bond donors (Lipinski definition) is 6. The summed E-state index contributed by atoms with van der Waals surface area (Å²) < 4.78 is 44.9. The van der Waals surface area contributed by atoms with Crippen LogP contribution in [0.25, 0.3) is 0 Å². The number of nitrogens with one attached hydrogen (secondary N) is 2. The van der Waals surface area contributed by atoms with Crippen LogP contribution in [-0.4, -0.2) is 78.0 Å². The summed E-state index contributed by atoms with van der Waals surface area (Å²) in [5, 5.41) is 15.4. The summed E-state index contributed by atoms with van der Waals surface area (Å²) in [5.74, 6) is -1.71. The summed E-state index contributed by atoms with van der Waals surface area (Å²) in [4.78, 5) is 44.6. The van der Waals surface area contributed by atoms with Gasteiger partial charge in [0.1, 0.15) is 6.04 Å². The van der Waals surface area contributed by atoms with Gasteiger partial charge < -0.3 is 42.4 Å². The Morgan fingerprint density at radius 1 is 1.14 bits per heavy atom. The second-order valence-electron chi connectivity index (χ2n) is 10.3. The summed E-state index contributed by atoms with van der Waals surface area (Å²) in [5.41, 5.74) is 16.1. The average molecular weight is 613 g/mol. The van der Waals surface area contributed by atoms with Gasteiger partial charge in [0.15, 0.2) is 5.13 Å². The first-order valence-electron chi connectivity index (χ1n) is 13.2. The molecular formula is C25H35BF3N7O5S. The van der Waals surface area contributed by atoms with Gasteiger partial charge in [-0.1, -0.05) is 12.1 Å². The largest absolute Gasteiger partial charge is 0.504 e. The summed E-state index contributed by atoms with van der Waals surface area (Å²) >= 11 is 0.996. The van der Waals surface area contributed by atoms with Gasteiger partial charge in [0.05, 0.1) is 27.7 Å². The maximum absolute atomic E-state index is 13.3. The molecule has 0 saturated carbocycles. The molecule has 0 aliphatic carbocycles.